The third-order valence-electron chi connectivity index (χ3n) is 2.22. The quantitative estimate of drug-likeness (QED) is 0.724. The van der Waals surface area contributed by atoms with Crippen molar-refractivity contribution in [1.82, 2.24) is 14.6 Å². The molecule has 4 heteroatoms. The molecular weight excluding hydrogens is 202 g/mol. The van der Waals surface area contributed by atoms with Crippen LogP contribution in [0.5, 0.6) is 0 Å². The van der Waals surface area contributed by atoms with Gasteiger partial charge in [0.25, 0.3) is 0 Å². The normalized spacial score (nSPS) is 11.9. The standard InChI is InChI=1S/C12H15N3O/c1-12(2,3)6-10-13-11-5-4-9(8-16)7-15(11)14-10/h4-5,7-8H,6H2,1-3H3. The zero-order chi connectivity index (χ0) is 11.8. The van der Waals surface area contributed by atoms with Gasteiger partial charge in [-0.2, -0.15) is 5.10 Å². The predicted octanol–water partition coefficient (Wildman–Crippen LogP) is 2.13. The summed E-state index contributed by atoms with van der Waals surface area (Å²) in [5.41, 5.74) is 1.56. The highest BCUT2D eigenvalue weighted by Crippen LogP contribution is 2.18. The van der Waals surface area contributed by atoms with Crippen molar-refractivity contribution in [3.8, 4) is 0 Å². The van der Waals surface area contributed by atoms with Crippen LogP contribution in [0.1, 0.15) is 37.0 Å². The van der Waals surface area contributed by atoms with Gasteiger partial charge in [-0.05, 0) is 17.5 Å². The molecule has 0 amide bonds. The molecule has 0 unspecified atom stereocenters. The number of nitrogens with zero attached hydrogens (tertiary/aromatic N) is 3. The first-order valence-electron chi connectivity index (χ1n) is 5.28. The molecule has 0 N–H and O–H groups in total. The first kappa shape index (κ1) is 10.8. The second kappa shape index (κ2) is 3.70. The van der Waals surface area contributed by atoms with Gasteiger partial charge in [0.05, 0.1) is 0 Å². The maximum atomic E-state index is 10.6. The van der Waals surface area contributed by atoms with Crippen LogP contribution in [0.2, 0.25) is 0 Å². The molecule has 0 aliphatic heterocycles. The molecule has 0 saturated heterocycles. The van der Waals surface area contributed by atoms with E-state index in [0.717, 1.165) is 24.2 Å². The maximum Gasteiger partial charge on any atom is 0.155 e. The Labute approximate surface area is 94.3 Å². The van der Waals surface area contributed by atoms with Crippen LogP contribution >= 0.6 is 0 Å². The van der Waals surface area contributed by atoms with Crippen LogP contribution in [-0.2, 0) is 6.42 Å². The van der Waals surface area contributed by atoms with Crippen molar-refractivity contribution < 1.29 is 4.79 Å². The van der Waals surface area contributed by atoms with Crippen LogP contribution in [0.3, 0.4) is 0 Å². The van der Waals surface area contributed by atoms with Crippen LogP contribution in [0.4, 0.5) is 0 Å². The monoisotopic (exact) mass is 217 g/mol. The second-order valence-corrected chi connectivity index (χ2v) is 5.15. The molecule has 2 rings (SSSR count). The van der Waals surface area contributed by atoms with E-state index in [1.54, 1.807) is 16.8 Å². The summed E-state index contributed by atoms with van der Waals surface area (Å²) in [6.45, 7) is 6.45. The van der Waals surface area contributed by atoms with Crippen LogP contribution in [-0.4, -0.2) is 20.9 Å². The smallest absolute Gasteiger partial charge is 0.155 e. The molecular formula is C12H15N3O. The summed E-state index contributed by atoms with van der Waals surface area (Å²) < 4.78 is 1.66. The largest absolute Gasteiger partial charge is 0.298 e. The molecule has 2 aromatic heterocycles. The summed E-state index contributed by atoms with van der Waals surface area (Å²) in [4.78, 5) is 15.0. The van der Waals surface area contributed by atoms with Crippen molar-refractivity contribution in [1.29, 1.82) is 0 Å². The summed E-state index contributed by atoms with van der Waals surface area (Å²) in [5.74, 6) is 0.815. The minimum Gasteiger partial charge on any atom is -0.298 e. The third-order valence-corrected chi connectivity index (χ3v) is 2.22. The average Bonchev–Trinajstić information content (AvgIpc) is 2.55. The third kappa shape index (κ3) is 2.27. The van der Waals surface area contributed by atoms with Gasteiger partial charge in [0, 0.05) is 18.2 Å². The van der Waals surface area contributed by atoms with Crippen LogP contribution < -0.4 is 0 Å². The van der Waals surface area contributed by atoms with Crippen molar-refractivity contribution in [2.24, 2.45) is 5.41 Å². The van der Waals surface area contributed by atoms with Crippen molar-refractivity contribution in [2.75, 3.05) is 0 Å². The molecule has 0 saturated carbocycles. The number of carbonyl (C=O) groups excluding carboxylic acids is 1. The summed E-state index contributed by atoms with van der Waals surface area (Å²) in [7, 11) is 0. The number of rotatable bonds is 2. The molecule has 0 radical (unpaired) electrons. The minimum absolute atomic E-state index is 0.165. The Hall–Kier alpha value is -1.71. The van der Waals surface area contributed by atoms with Crippen LogP contribution in [0, 0.1) is 5.41 Å². The first-order valence-corrected chi connectivity index (χ1v) is 5.28. The Morgan fingerprint density at radius 1 is 1.38 bits per heavy atom. The lowest BCUT2D eigenvalue weighted by molar-refractivity contribution is 0.112. The van der Waals surface area contributed by atoms with Gasteiger partial charge in [0.15, 0.2) is 17.8 Å². The number of carbonyl (C=O) groups is 1. The van der Waals surface area contributed by atoms with Gasteiger partial charge in [-0.1, -0.05) is 20.8 Å². The van der Waals surface area contributed by atoms with E-state index >= 15 is 0 Å². The van der Waals surface area contributed by atoms with Crippen molar-refractivity contribution in [2.45, 2.75) is 27.2 Å². The first-order chi connectivity index (χ1) is 7.48. The predicted molar refractivity (Wildman–Crippen MR) is 61.5 cm³/mol. The number of aromatic nitrogens is 3. The highest BCUT2D eigenvalue weighted by molar-refractivity contribution is 5.74. The van der Waals surface area contributed by atoms with E-state index in [9.17, 15) is 4.79 Å². The number of aldehydes is 1. The van der Waals surface area contributed by atoms with Crippen molar-refractivity contribution >= 4 is 11.9 Å². The summed E-state index contributed by atoms with van der Waals surface area (Å²) in [6, 6.07) is 3.56. The van der Waals surface area contributed by atoms with Gasteiger partial charge in [-0.25, -0.2) is 9.50 Å². The molecule has 2 aromatic rings. The fraction of sp³-hybridized carbons (Fsp3) is 0.417. The zero-order valence-corrected chi connectivity index (χ0v) is 9.77. The minimum atomic E-state index is 0.165. The lowest BCUT2D eigenvalue weighted by atomic mass is 9.92. The van der Waals surface area contributed by atoms with Gasteiger partial charge in [-0.15, -0.1) is 0 Å². The molecule has 0 aromatic carbocycles. The van der Waals surface area contributed by atoms with Gasteiger partial charge in [0.1, 0.15) is 0 Å². The average molecular weight is 217 g/mol. The molecule has 4 nitrogen and oxygen atoms in total. The van der Waals surface area contributed by atoms with Crippen molar-refractivity contribution in [3.05, 3.63) is 29.7 Å². The molecule has 16 heavy (non-hydrogen) atoms. The highest BCUT2D eigenvalue weighted by Gasteiger charge is 2.15. The number of pyridine rings is 1. The Morgan fingerprint density at radius 2 is 2.12 bits per heavy atom. The van der Waals surface area contributed by atoms with Gasteiger partial charge in [0.2, 0.25) is 0 Å². The molecule has 0 aliphatic rings. The summed E-state index contributed by atoms with van der Waals surface area (Å²) in [5, 5.41) is 4.35. The molecule has 0 aliphatic carbocycles. The van der Waals surface area contributed by atoms with E-state index in [4.69, 9.17) is 0 Å². The van der Waals surface area contributed by atoms with Crippen LogP contribution in [0.25, 0.3) is 5.65 Å². The summed E-state index contributed by atoms with van der Waals surface area (Å²) in [6.07, 6.45) is 3.33. The van der Waals surface area contributed by atoms with E-state index in [1.165, 1.54) is 0 Å². The fourth-order valence-electron chi connectivity index (χ4n) is 1.56. The van der Waals surface area contributed by atoms with E-state index in [-0.39, 0.29) is 5.41 Å². The lowest BCUT2D eigenvalue weighted by Crippen LogP contribution is -2.10. The zero-order valence-electron chi connectivity index (χ0n) is 9.77. The molecule has 2 heterocycles. The molecule has 0 atom stereocenters. The molecule has 0 bridgehead atoms. The van der Waals surface area contributed by atoms with Gasteiger partial charge >= 0.3 is 0 Å². The number of fused-ring (bicyclic) bond motifs is 1. The van der Waals surface area contributed by atoms with Gasteiger partial charge < -0.3 is 0 Å². The highest BCUT2D eigenvalue weighted by atomic mass is 16.1. The van der Waals surface area contributed by atoms with E-state index < -0.39 is 0 Å². The second-order valence-electron chi connectivity index (χ2n) is 5.15. The summed E-state index contributed by atoms with van der Waals surface area (Å²) >= 11 is 0. The molecule has 0 fully saturated rings. The van der Waals surface area contributed by atoms with E-state index in [2.05, 4.69) is 30.9 Å². The van der Waals surface area contributed by atoms with Gasteiger partial charge in [-0.3, -0.25) is 4.79 Å². The molecule has 0 spiro atoms. The van der Waals surface area contributed by atoms with Crippen LogP contribution in [0.15, 0.2) is 18.3 Å². The SMILES string of the molecule is CC(C)(C)Cc1nc2ccc(C=O)cn2n1. The number of hydrogen-bond acceptors (Lipinski definition) is 3. The fourth-order valence-corrected chi connectivity index (χ4v) is 1.56. The Kier molecular flexibility index (Phi) is 2.50. The molecule has 84 valence electrons. The Balaban J connectivity index is 2.40. The maximum absolute atomic E-state index is 10.6. The van der Waals surface area contributed by atoms with E-state index in [1.807, 2.05) is 6.07 Å². The Morgan fingerprint density at radius 3 is 2.75 bits per heavy atom. The van der Waals surface area contributed by atoms with E-state index in [0.29, 0.717) is 5.56 Å². The lowest BCUT2D eigenvalue weighted by Gasteiger charge is -2.14. The number of hydrogen-bond donors (Lipinski definition) is 0. The van der Waals surface area contributed by atoms with Crippen molar-refractivity contribution in [3.63, 3.8) is 0 Å². The Bertz CT molecular complexity index is 523. The topological polar surface area (TPSA) is 47.3 Å².